The Bertz CT molecular complexity index is 422. The van der Waals surface area contributed by atoms with Gasteiger partial charge in [0.05, 0.1) is 6.20 Å². The van der Waals surface area contributed by atoms with Crippen LogP contribution in [0.4, 0.5) is 0 Å². The summed E-state index contributed by atoms with van der Waals surface area (Å²) >= 11 is 0. The summed E-state index contributed by atoms with van der Waals surface area (Å²) in [5.74, 6) is -0.0967. The van der Waals surface area contributed by atoms with Crippen LogP contribution < -0.4 is 5.32 Å². The molecular weight excluding hydrogens is 228 g/mol. The molecule has 5 heteroatoms. The number of carbonyl (C=O) groups is 1. The fourth-order valence-electron chi connectivity index (χ4n) is 3.07. The van der Waals surface area contributed by atoms with Gasteiger partial charge in [0.15, 0.2) is 0 Å². The van der Waals surface area contributed by atoms with E-state index < -0.39 is 0 Å². The first-order valence-electron chi connectivity index (χ1n) is 6.65. The molecule has 2 aliphatic rings. The number of fused-ring (bicyclic) bond motifs is 1. The van der Waals surface area contributed by atoms with Crippen molar-refractivity contribution in [3.63, 3.8) is 0 Å². The minimum Gasteiger partial charge on any atom is -0.346 e. The lowest BCUT2D eigenvalue weighted by atomic mass is 9.99. The maximum absolute atomic E-state index is 12.0. The first-order chi connectivity index (χ1) is 8.84. The molecule has 0 bridgehead atoms. The van der Waals surface area contributed by atoms with Crippen LogP contribution in [0.2, 0.25) is 0 Å². The predicted molar refractivity (Wildman–Crippen MR) is 67.1 cm³/mol. The maximum Gasteiger partial charge on any atom is 0.271 e. The van der Waals surface area contributed by atoms with Crippen LogP contribution in [0.1, 0.15) is 36.2 Å². The molecule has 3 rings (SSSR count). The molecule has 2 aliphatic heterocycles. The standard InChI is InChI=1S/C13H18N4O/c18-13(11-9-14-5-6-15-11)16-10-4-8-17-7-2-1-3-12(10)17/h5-6,9-10,12H,1-4,7-8H2,(H,16,18)/t10-,12-/m1/s1. The quantitative estimate of drug-likeness (QED) is 0.840. The normalized spacial score (nSPS) is 27.8. The van der Waals surface area contributed by atoms with Gasteiger partial charge in [0.1, 0.15) is 5.69 Å². The van der Waals surface area contributed by atoms with Crippen molar-refractivity contribution in [2.24, 2.45) is 0 Å². The average Bonchev–Trinajstić information content (AvgIpc) is 2.83. The number of rotatable bonds is 2. The van der Waals surface area contributed by atoms with Gasteiger partial charge in [-0.15, -0.1) is 0 Å². The minimum absolute atomic E-state index is 0.0967. The van der Waals surface area contributed by atoms with E-state index in [9.17, 15) is 4.79 Å². The molecule has 3 heterocycles. The lowest BCUT2D eigenvalue weighted by Crippen LogP contribution is -2.46. The Morgan fingerprint density at radius 2 is 2.22 bits per heavy atom. The van der Waals surface area contributed by atoms with Crippen molar-refractivity contribution in [2.75, 3.05) is 13.1 Å². The molecule has 0 saturated carbocycles. The van der Waals surface area contributed by atoms with Crippen LogP contribution in [0.5, 0.6) is 0 Å². The van der Waals surface area contributed by atoms with Gasteiger partial charge in [-0.3, -0.25) is 14.7 Å². The number of hydrogen-bond donors (Lipinski definition) is 1. The smallest absolute Gasteiger partial charge is 0.271 e. The second kappa shape index (κ2) is 5.02. The summed E-state index contributed by atoms with van der Waals surface area (Å²) < 4.78 is 0. The molecule has 0 aliphatic carbocycles. The highest BCUT2D eigenvalue weighted by molar-refractivity contribution is 5.92. The fraction of sp³-hybridized carbons (Fsp3) is 0.615. The number of hydrogen-bond acceptors (Lipinski definition) is 4. The molecule has 2 atom stereocenters. The van der Waals surface area contributed by atoms with E-state index in [1.807, 2.05) is 0 Å². The SMILES string of the molecule is O=C(N[C@@H]1CCN2CCCC[C@H]12)c1cnccn1. The molecule has 1 N–H and O–H groups in total. The Kier molecular flexibility index (Phi) is 3.23. The predicted octanol–water partition coefficient (Wildman–Crippen LogP) is 0.833. The first kappa shape index (κ1) is 11.6. The Hall–Kier alpha value is -1.49. The van der Waals surface area contributed by atoms with Gasteiger partial charge in [0.25, 0.3) is 5.91 Å². The molecule has 18 heavy (non-hydrogen) atoms. The van der Waals surface area contributed by atoms with Crippen LogP contribution in [0.3, 0.4) is 0 Å². The Morgan fingerprint density at radius 1 is 1.28 bits per heavy atom. The van der Waals surface area contributed by atoms with E-state index in [2.05, 4.69) is 20.2 Å². The molecule has 0 radical (unpaired) electrons. The number of aromatic nitrogens is 2. The topological polar surface area (TPSA) is 58.1 Å². The highest BCUT2D eigenvalue weighted by atomic mass is 16.2. The van der Waals surface area contributed by atoms with Gasteiger partial charge in [-0.05, 0) is 25.8 Å². The summed E-state index contributed by atoms with van der Waals surface area (Å²) in [5, 5.41) is 3.11. The zero-order valence-electron chi connectivity index (χ0n) is 10.4. The van der Waals surface area contributed by atoms with Crippen molar-refractivity contribution in [2.45, 2.75) is 37.8 Å². The average molecular weight is 246 g/mol. The number of carbonyl (C=O) groups excluding carboxylic acids is 1. The van der Waals surface area contributed by atoms with Crippen LogP contribution in [0.15, 0.2) is 18.6 Å². The lowest BCUT2D eigenvalue weighted by molar-refractivity contribution is 0.0910. The molecule has 5 nitrogen and oxygen atoms in total. The minimum atomic E-state index is -0.0967. The monoisotopic (exact) mass is 246 g/mol. The molecule has 0 unspecified atom stereocenters. The van der Waals surface area contributed by atoms with Gasteiger partial charge in [-0.1, -0.05) is 6.42 Å². The second-order valence-electron chi connectivity index (χ2n) is 5.06. The van der Waals surface area contributed by atoms with E-state index in [4.69, 9.17) is 0 Å². The lowest BCUT2D eigenvalue weighted by Gasteiger charge is -2.32. The summed E-state index contributed by atoms with van der Waals surface area (Å²) in [5.41, 5.74) is 0.409. The van der Waals surface area contributed by atoms with Gasteiger partial charge in [-0.2, -0.15) is 0 Å². The van der Waals surface area contributed by atoms with E-state index in [0.717, 1.165) is 13.0 Å². The van der Waals surface area contributed by atoms with Gasteiger partial charge >= 0.3 is 0 Å². The summed E-state index contributed by atoms with van der Waals surface area (Å²) in [4.78, 5) is 22.5. The molecule has 0 spiro atoms. The van der Waals surface area contributed by atoms with Crippen LogP contribution >= 0.6 is 0 Å². The zero-order valence-corrected chi connectivity index (χ0v) is 10.4. The third-order valence-corrected chi connectivity index (χ3v) is 3.97. The molecule has 1 aromatic rings. The maximum atomic E-state index is 12.0. The van der Waals surface area contributed by atoms with Gasteiger partial charge < -0.3 is 5.32 Å². The summed E-state index contributed by atoms with van der Waals surface area (Å²) in [6, 6.07) is 0.805. The highest BCUT2D eigenvalue weighted by Crippen LogP contribution is 2.27. The van der Waals surface area contributed by atoms with Gasteiger partial charge in [-0.25, -0.2) is 4.98 Å². The van der Waals surface area contributed by atoms with E-state index in [-0.39, 0.29) is 11.9 Å². The number of amides is 1. The zero-order chi connectivity index (χ0) is 12.4. The number of piperidine rings is 1. The Morgan fingerprint density at radius 3 is 3.06 bits per heavy atom. The summed E-state index contributed by atoms with van der Waals surface area (Å²) in [6.07, 6.45) is 9.47. The second-order valence-corrected chi connectivity index (χ2v) is 5.06. The third kappa shape index (κ3) is 2.22. The van der Waals surface area contributed by atoms with E-state index in [1.54, 1.807) is 12.4 Å². The molecule has 2 saturated heterocycles. The van der Waals surface area contributed by atoms with E-state index >= 15 is 0 Å². The van der Waals surface area contributed by atoms with Crippen molar-refractivity contribution in [1.29, 1.82) is 0 Å². The van der Waals surface area contributed by atoms with Crippen molar-refractivity contribution < 1.29 is 4.79 Å². The Balaban J connectivity index is 1.65. The summed E-state index contributed by atoms with van der Waals surface area (Å²) in [7, 11) is 0. The van der Waals surface area contributed by atoms with Crippen LogP contribution in [0.25, 0.3) is 0 Å². The number of nitrogens with one attached hydrogen (secondary N) is 1. The largest absolute Gasteiger partial charge is 0.346 e. The van der Waals surface area contributed by atoms with Crippen molar-refractivity contribution in [3.05, 3.63) is 24.3 Å². The fourth-order valence-corrected chi connectivity index (χ4v) is 3.07. The first-order valence-corrected chi connectivity index (χ1v) is 6.65. The molecule has 2 fully saturated rings. The van der Waals surface area contributed by atoms with Gasteiger partial charge in [0.2, 0.25) is 0 Å². The van der Waals surface area contributed by atoms with E-state index in [1.165, 1.54) is 32.0 Å². The molecule has 0 aromatic carbocycles. The Labute approximate surface area is 107 Å². The third-order valence-electron chi connectivity index (χ3n) is 3.97. The summed E-state index contributed by atoms with van der Waals surface area (Å²) in [6.45, 7) is 2.29. The molecule has 96 valence electrons. The molecule has 1 amide bonds. The van der Waals surface area contributed by atoms with E-state index in [0.29, 0.717) is 11.7 Å². The van der Waals surface area contributed by atoms with Crippen molar-refractivity contribution >= 4 is 5.91 Å². The van der Waals surface area contributed by atoms with Crippen LogP contribution in [-0.2, 0) is 0 Å². The molecular formula is C13H18N4O. The number of nitrogens with zero attached hydrogens (tertiary/aromatic N) is 3. The molecule has 1 aromatic heterocycles. The van der Waals surface area contributed by atoms with Crippen molar-refractivity contribution in [3.8, 4) is 0 Å². The highest BCUT2D eigenvalue weighted by Gasteiger charge is 2.36. The van der Waals surface area contributed by atoms with Crippen LogP contribution in [-0.4, -0.2) is 45.9 Å². The van der Waals surface area contributed by atoms with Crippen molar-refractivity contribution in [1.82, 2.24) is 20.2 Å². The van der Waals surface area contributed by atoms with Gasteiger partial charge in [0, 0.05) is 31.0 Å². The van der Waals surface area contributed by atoms with Crippen LogP contribution in [0, 0.1) is 0 Å².